The van der Waals surface area contributed by atoms with E-state index in [0.29, 0.717) is 12.1 Å². The van der Waals surface area contributed by atoms with Gasteiger partial charge in [0.25, 0.3) is 0 Å². The molecule has 3 nitrogen and oxygen atoms in total. The molecule has 1 fully saturated rings. The SMILES string of the molecule is CCN(C)C(=O)N1[C@H](C)CCC[C@@H]1C. The van der Waals surface area contributed by atoms with E-state index in [4.69, 9.17) is 0 Å². The zero-order valence-electron chi connectivity index (χ0n) is 9.79. The third-order valence-corrected chi connectivity index (χ3v) is 3.22. The van der Waals surface area contributed by atoms with Crippen molar-refractivity contribution < 1.29 is 4.79 Å². The fourth-order valence-corrected chi connectivity index (χ4v) is 2.13. The van der Waals surface area contributed by atoms with Gasteiger partial charge < -0.3 is 9.80 Å². The summed E-state index contributed by atoms with van der Waals surface area (Å²) in [5.41, 5.74) is 0. The highest BCUT2D eigenvalue weighted by atomic mass is 16.2. The molecule has 0 aromatic heterocycles. The van der Waals surface area contributed by atoms with Gasteiger partial charge in [0.15, 0.2) is 0 Å². The Kier molecular flexibility index (Phi) is 3.78. The summed E-state index contributed by atoms with van der Waals surface area (Å²) in [6.45, 7) is 7.10. The Labute approximate surface area is 87.1 Å². The van der Waals surface area contributed by atoms with Crippen LogP contribution in [0.4, 0.5) is 4.79 Å². The maximum atomic E-state index is 12.0. The first kappa shape index (κ1) is 11.3. The lowest BCUT2D eigenvalue weighted by Gasteiger charge is -2.40. The molecule has 82 valence electrons. The molecule has 1 aliphatic heterocycles. The molecule has 0 unspecified atom stereocenters. The maximum Gasteiger partial charge on any atom is 0.320 e. The molecule has 0 aromatic rings. The van der Waals surface area contributed by atoms with Crippen molar-refractivity contribution in [2.45, 2.75) is 52.1 Å². The standard InChI is InChI=1S/C11H22N2O/c1-5-12(4)11(14)13-9(2)7-6-8-10(13)3/h9-10H,5-8H2,1-4H3/t9-,10+. The maximum absolute atomic E-state index is 12.0. The lowest BCUT2D eigenvalue weighted by Crippen LogP contribution is -2.52. The third-order valence-electron chi connectivity index (χ3n) is 3.22. The summed E-state index contributed by atoms with van der Waals surface area (Å²) >= 11 is 0. The summed E-state index contributed by atoms with van der Waals surface area (Å²) in [6.07, 6.45) is 3.54. The Morgan fingerprint density at radius 1 is 1.36 bits per heavy atom. The molecule has 0 spiro atoms. The van der Waals surface area contributed by atoms with Crippen LogP contribution in [-0.2, 0) is 0 Å². The van der Waals surface area contributed by atoms with Crippen molar-refractivity contribution in [2.75, 3.05) is 13.6 Å². The van der Waals surface area contributed by atoms with Gasteiger partial charge in [-0.25, -0.2) is 4.79 Å². The molecule has 14 heavy (non-hydrogen) atoms. The van der Waals surface area contributed by atoms with Crippen molar-refractivity contribution >= 4 is 6.03 Å². The Balaban J connectivity index is 2.67. The molecule has 0 bridgehead atoms. The molecular formula is C11H22N2O. The number of rotatable bonds is 1. The number of piperidine rings is 1. The first-order chi connectivity index (χ1) is 6.57. The number of urea groups is 1. The molecule has 0 N–H and O–H groups in total. The average Bonchev–Trinajstić information content (AvgIpc) is 2.16. The highest BCUT2D eigenvalue weighted by Crippen LogP contribution is 2.23. The number of hydrogen-bond donors (Lipinski definition) is 0. The van der Waals surface area contributed by atoms with E-state index in [1.54, 1.807) is 4.90 Å². The molecule has 2 atom stereocenters. The van der Waals surface area contributed by atoms with Gasteiger partial charge in [0.2, 0.25) is 0 Å². The lowest BCUT2D eigenvalue weighted by atomic mass is 9.98. The molecule has 0 radical (unpaired) electrons. The van der Waals surface area contributed by atoms with Crippen molar-refractivity contribution in [3.05, 3.63) is 0 Å². The van der Waals surface area contributed by atoms with Gasteiger partial charge in [0.05, 0.1) is 0 Å². The number of nitrogens with zero attached hydrogens (tertiary/aromatic N) is 2. The molecule has 3 heteroatoms. The minimum atomic E-state index is 0.187. The number of carbonyl (C=O) groups excluding carboxylic acids is 1. The number of likely N-dealkylation sites (tertiary alicyclic amines) is 1. The van der Waals surface area contributed by atoms with Crippen LogP contribution < -0.4 is 0 Å². The molecule has 0 saturated carbocycles. The Hall–Kier alpha value is -0.730. The van der Waals surface area contributed by atoms with Crippen LogP contribution in [0.2, 0.25) is 0 Å². The van der Waals surface area contributed by atoms with Crippen molar-refractivity contribution in [3.63, 3.8) is 0 Å². The summed E-state index contributed by atoms with van der Waals surface area (Å²) in [5, 5.41) is 0. The highest BCUT2D eigenvalue weighted by Gasteiger charge is 2.30. The van der Waals surface area contributed by atoms with E-state index in [9.17, 15) is 4.79 Å². The first-order valence-corrected chi connectivity index (χ1v) is 5.61. The highest BCUT2D eigenvalue weighted by molar-refractivity contribution is 5.74. The van der Waals surface area contributed by atoms with Gasteiger partial charge in [-0.05, 0) is 40.0 Å². The van der Waals surface area contributed by atoms with Crippen LogP contribution in [0.25, 0.3) is 0 Å². The fourth-order valence-electron chi connectivity index (χ4n) is 2.13. The minimum Gasteiger partial charge on any atom is -0.328 e. The average molecular weight is 198 g/mol. The van der Waals surface area contributed by atoms with Gasteiger partial charge in [-0.15, -0.1) is 0 Å². The molecule has 1 rings (SSSR count). The van der Waals surface area contributed by atoms with Crippen molar-refractivity contribution in [1.82, 2.24) is 9.80 Å². The molecule has 2 amide bonds. The first-order valence-electron chi connectivity index (χ1n) is 5.61. The minimum absolute atomic E-state index is 0.187. The second kappa shape index (κ2) is 4.67. The van der Waals surface area contributed by atoms with E-state index >= 15 is 0 Å². The summed E-state index contributed by atoms with van der Waals surface area (Å²) in [7, 11) is 1.87. The molecule has 1 aliphatic rings. The number of carbonyl (C=O) groups is 1. The van der Waals surface area contributed by atoms with Crippen LogP contribution in [0, 0.1) is 0 Å². The van der Waals surface area contributed by atoms with Gasteiger partial charge in [0.1, 0.15) is 0 Å². The second-order valence-corrected chi connectivity index (χ2v) is 4.33. The molecule has 1 heterocycles. The van der Waals surface area contributed by atoms with Crippen LogP contribution in [0.5, 0.6) is 0 Å². The van der Waals surface area contributed by atoms with Gasteiger partial charge in [-0.1, -0.05) is 0 Å². The third kappa shape index (κ3) is 2.20. The van der Waals surface area contributed by atoms with Gasteiger partial charge in [-0.2, -0.15) is 0 Å². The Morgan fingerprint density at radius 2 is 1.86 bits per heavy atom. The Bertz CT molecular complexity index is 195. The number of amides is 2. The molecule has 0 aliphatic carbocycles. The van der Waals surface area contributed by atoms with Crippen molar-refractivity contribution in [1.29, 1.82) is 0 Å². The summed E-state index contributed by atoms with van der Waals surface area (Å²) < 4.78 is 0. The van der Waals surface area contributed by atoms with E-state index in [-0.39, 0.29) is 6.03 Å². The van der Waals surface area contributed by atoms with Crippen molar-refractivity contribution in [3.8, 4) is 0 Å². The summed E-state index contributed by atoms with van der Waals surface area (Å²) in [6, 6.07) is 0.993. The monoisotopic (exact) mass is 198 g/mol. The van der Waals surface area contributed by atoms with Gasteiger partial charge in [-0.3, -0.25) is 0 Å². The van der Waals surface area contributed by atoms with Crippen LogP contribution in [0.1, 0.15) is 40.0 Å². The van der Waals surface area contributed by atoms with Crippen LogP contribution >= 0.6 is 0 Å². The smallest absolute Gasteiger partial charge is 0.320 e. The summed E-state index contributed by atoms with van der Waals surface area (Å²) in [4.78, 5) is 15.8. The zero-order valence-corrected chi connectivity index (χ0v) is 9.79. The van der Waals surface area contributed by atoms with Crippen molar-refractivity contribution in [2.24, 2.45) is 0 Å². The largest absolute Gasteiger partial charge is 0.328 e. The quantitative estimate of drug-likeness (QED) is 0.634. The normalized spacial score (nSPS) is 27.6. The van der Waals surface area contributed by atoms with E-state index in [0.717, 1.165) is 19.4 Å². The van der Waals surface area contributed by atoms with Crippen LogP contribution in [0.15, 0.2) is 0 Å². The molecular weight excluding hydrogens is 176 g/mol. The molecule has 0 aromatic carbocycles. The predicted octanol–water partition coefficient (Wildman–Crippen LogP) is 2.32. The zero-order chi connectivity index (χ0) is 10.7. The summed E-state index contributed by atoms with van der Waals surface area (Å²) in [5.74, 6) is 0. The van der Waals surface area contributed by atoms with E-state index < -0.39 is 0 Å². The lowest BCUT2D eigenvalue weighted by molar-refractivity contribution is 0.0995. The van der Waals surface area contributed by atoms with Gasteiger partial charge >= 0.3 is 6.03 Å². The predicted molar refractivity (Wildman–Crippen MR) is 58.3 cm³/mol. The van der Waals surface area contributed by atoms with E-state index in [1.807, 2.05) is 18.9 Å². The van der Waals surface area contributed by atoms with E-state index in [1.165, 1.54) is 6.42 Å². The van der Waals surface area contributed by atoms with E-state index in [2.05, 4.69) is 13.8 Å². The van der Waals surface area contributed by atoms with Crippen LogP contribution in [0.3, 0.4) is 0 Å². The van der Waals surface area contributed by atoms with Gasteiger partial charge in [0, 0.05) is 25.7 Å². The fraction of sp³-hybridized carbons (Fsp3) is 0.909. The number of hydrogen-bond acceptors (Lipinski definition) is 1. The second-order valence-electron chi connectivity index (χ2n) is 4.33. The van der Waals surface area contributed by atoms with Crippen LogP contribution in [-0.4, -0.2) is 41.5 Å². The Morgan fingerprint density at radius 3 is 2.29 bits per heavy atom. The molecule has 1 saturated heterocycles. The topological polar surface area (TPSA) is 23.6 Å².